The van der Waals surface area contributed by atoms with Gasteiger partial charge in [0.25, 0.3) is 0 Å². The van der Waals surface area contributed by atoms with Gasteiger partial charge in [-0.3, -0.25) is 4.79 Å². The molecule has 3 nitrogen and oxygen atoms in total. The summed E-state index contributed by atoms with van der Waals surface area (Å²) in [5, 5.41) is 0. The van der Waals surface area contributed by atoms with Crippen molar-refractivity contribution in [2.75, 3.05) is 12.3 Å². The molecule has 1 aliphatic rings. The first-order chi connectivity index (χ1) is 9.11. The van der Waals surface area contributed by atoms with Crippen molar-refractivity contribution in [3.8, 4) is 0 Å². The van der Waals surface area contributed by atoms with E-state index in [1.165, 1.54) is 0 Å². The van der Waals surface area contributed by atoms with Crippen molar-refractivity contribution < 1.29 is 4.79 Å². The first kappa shape index (κ1) is 14.4. The van der Waals surface area contributed by atoms with Gasteiger partial charge in [-0.25, -0.2) is 0 Å². The third-order valence-corrected chi connectivity index (χ3v) is 4.75. The largest absolute Gasteiger partial charge is 0.398 e. The van der Waals surface area contributed by atoms with Crippen molar-refractivity contribution in [3.05, 3.63) is 28.2 Å². The first-order valence-electron chi connectivity index (χ1n) is 6.92. The van der Waals surface area contributed by atoms with E-state index in [1.807, 2.05) is 23.1 Å². The molecule has 2 rings (SSSR count). The molecule has 0 spiro atoms. The minimum Gasteiger partial charge on any atom is -0.398 e. The number of nitrogen functional groups attached to an aromatic ring is 1. The van der Waals surface area contributed by atoms with Crippen molar-refractivity contribution >= 4 is 27.5 Å². The van der Waals surface area contributed by atoms with Crippen molar-refractivity contribution in [2.45, 2.75) is 39.2 Å². The van der Waals surface area contributed by atoms with E-state index in [9.17, 15) is 4.79 Å². The van der Waals surface area contributed by atoms with Crippen molar-refractivity contribution in [3.63, 3.8) is 0 Å². The Labute approximate surface area is 123 Å². The molecule has 0 aromatic heterocycles. The summed E-state index contributed by atoms with van der Waals surface area (Å²) in [6, 6.07) is 5.78. The van der Waals surface area contributed by atoms with E-state index in [2.05, 4.69) is 22.9 Å². The molecule has 19 heavy (non-hydrogen) atoms. The van der Waals surface area contributed by atoms with E-state index >= 15 is 0 Å². The lowest BCUT2D eigenvalue weighted by atomic mass is 9.98. The summed E-state index contributed by atoms with van der Waals surface area (Å²) in [5.41, 5.74) is 7.78. The predicted molar refractivity (Wildman–Crippen MR) is 81.6 cm³/mol. The van der Waals surface area contributed by atoms with E-state index in [4.69, 9.17) is 5.73 Å². The molecule has 1 fully saturated rings. The van der Waals surface area contributed by atoms with Crippen molar-refractivity contribution in [1.82, 2.24) is 4.90 Å². The third-order valence-electron chi connectivity index (χ3n) is 4.01. The normalized spacial score (nSPS) is 20.4. The summed E-state index contributed by atoms with van der Waals surface area (Å²) < 4.78 is 0.983. The highest BCUT2D eigenvalue weighted by Gasteiger charge is 2.22. The van der Waals surface area contributed by atoms with Gasteiger partial charge in [0.05, 0.1) is 0 Å². The molecule has 1 amide bonds. The molecule has 0 radical (unpaired) electrons. The SMILES string of the molecule is CCC1CCC(=O)N(Cc2c(N)cccc2Br)CC1. The molecule has 1 atom stereocenters. The van der Waals surface area contributed by atoms with Gasteiger partial charge >= 0.3 is 0 Å². The monoisotopic (exact) mass is 324 g/mol. The lowest BCUT2D eigenvalue weighted by Gasteiger charge is -2.22. The van der Waals surface area contributed by atoms with Gasteiger partial charge in [0.15, 0.2) is 0 Å². The Hall–Kier alpha value is -1.03. The fraction of sp³-hybridized carbons (Fsp3) is 0.533. The molecule has 104 valence electrons. The van der Waals surface area contributed by atoms with Gasteiger partial charge in [-0.15, -0.1) is 0 Å². The molecule has 1 unspecified atom stereocenters. The average Bonchev–Trinajstić information content (AvgIpc) is 2.57. The molecule has 1 aromatic rings. The zero-order valence-corrected chi connectivity index (χ0v) is 12.9. The Bertz CT molecular complexity index is 441. The highest BCUT2D eigenvalue weighted by atomic mass is 79.9. The van der Waals surface area contributed by atoms with Crippen LogP contribution in [0.15, 0.2) is 22.7 Å². The molecule has 1 aromatic carbocycles. The van der Waals surface area contributed by atoms with Crippen LogP contribution < -0.4 is 5.73 Å². The molecule has 0 saturated carbocycles. The fourth-order valence-corrected chi connectivity index (χ4v) is 3.11. The van der Waals surface area contributed by atoms with Gasteiger partial charge in [-0.1, -0.05) is 35.3 Å². The maximum Gasteiger partial charge on any atom is 0.222 e. The van der Waals surface area contributed by atoms with Crippen molar-refractivity contribution in [1.29, 1.82) is 0 Å². The summed E-state index contributed by atoms with van der Waals surface area (Å²) in [5.74, 6) is 0.941. The summed E-state index contributed by atoms with van der Waals surface area (Å²) in [6.45, 7) is 3.66. The van der Waals surface area contributed by atoms with Crippen LogP contribution in [-0.4, -0.2) is 17.4 Å². The zero-order chi connectivity index (χ0) is 13.8. The Morgan fingerprint density at radius 3 is 2.89 bits per heavy atom. The number of nitrogens with zero attached hydrogens (tertiary/aromatic N) is 1. The highest BCUT2D eigenvalue weighted by molar-refractivity contribution is 9.10. The minimum atomic E-state index is 0.256. The van der Waals surface area contributed by atoms with Crippen LogP contribution in [0, 0.1) is 5.92 Å². The van der Waals surface area contributed by atoms with Crippen LogP contribution in [0.3, 0.4) is 0 Å². The maximum absolute atomic E-state index is 12.2. The second kappa shape index (κ2) is 6.42. The van der Waals surface area contributed by atoms with Crippen LogP contribution >= 0.6 is 15.9 Å². The Kier molecular flexibility index (Phi) is 4.86. The quantitative estimate of drug-likeness (QED) is 0.864. The highest BCUT2D eigenvalue weighted by Crippen LogP contribution is 2.27. The number of benzene rings is 1. The number of halogens is 1. The number of amides is 1. The number of carbonyl (C=O) groups excluding carboxylic acids is 1. The van der Waals surface area contributed by atoms with Crippen molar-refractivity contribution in [2.24, 2.45) is 5.92 Å². The first-order valence-corrected chi connectivity index (χ1v) is 7.71. The molecule has 0 aliphatic carbocycles. The molecule has 4 heteroatoms. The van der Waals surface area contributed by atoms with Gasteiger partial charge in [0, 0.05) is 35.2 Å². The Balaban J connectivity index is 2.11. The standard InChI is InChI=1S/C15H21BrN2O/c1-2-11-6-7-15(19)18(9-8-11)10-12-13(16)4-3-5-14(12)17/h3-5,11H,2,6-10,17H2,1H3. The second-order valence-corrected chi connectivity index (χ2v) is 6.08. The summed E-state index contributed by atoms with van der Waals surface area (Å²) in [6.07, 6.45) is 3.96. The lowest BCUT2D eigenvalue weighted by molar-refractivity contribution is -0.131. The van der Waals surface area contributed by atoms with Gasteiger partial charge in [0.1, 0.15) is 0 Å². The number of carbonyl (C=O) groups is 1. The summed E-state index contributed by atoms with van der Waals surface area (Å²) >= 11 is 3.52. The number of hydrogen-bond donors (Lipinski definition) is 1. The van der Waals surface area contributed by atoms with E-state index in [0.29, 0.717) is 18.9 Å². The number of anilines is 1. The predicted octanol–water partition coefficient (Wildman–Crippen LogP) is 3.57. The molecular weight excluding hydrogens is 304 g/mol. The minimum absolute atomic E-state index is 0.256. The third kappa shape index (κ3) is 3.50. The zero-order valence-electron chi connectivity index (χ0n) is 11.4. The fourth-order valence-electron chi connectivity index (χ4n) is 2.60. The van der Waals surface area contributed by atoms with Gasteiger partial charge in [-0.05, 0) is 30.9 Å². The molecule has 1 saturated heterocycles. The molecule has 1 aliphatic heterocycles. The van der Waals surface area contributed by atoms with Crippen LogP contribution in [0.1, 0.15) is 38.2 Å². The number of rotatable bonds is 3. The van der Waals surface area contributed by atoms with E-state index in [1.54, 1.807) is 0 Å². The molecule has 1 heterocycles. The Morgan fingerprint density at radius 1 is 1.42 bits per heavy atom. The van der Waals surface area contributed by atoms with Gasteiger partial charge in [0.2, 0.25) is 5.91 Å². The maximum atomic E-state index is 12.2. The number of nitrogens with two attached hydrogens (primary N) is 1. The number of likely N-dealkylation sites (tertiary alicyclic amines) is 1. The molecular formula is C15H21BrN2O. The van der Waals surface area contributed by atoms with E-state index in [-0.39, 0.29) is 5.91 Å². The summed E-state index contributed by atoms with van der Waals surface area (Å²) in [4.78, 5) is 14.1. The topological polar surface area (TPSA) is 46.3 Å². The van der Waals surface area contributed by atoms with Gasteiger partial charge in [-0.2, -0.15) is 0 Å². The van der Waals surface area contributed by atoms with Gasteiger partial charge < -0.3 is 10.6 Å². The number of hydrogen-bond acceptors (Lipinski definition) is 2. The lowest BCUT2D eigenvalue weighted by Crippen LogP contribution is -2.30. The molecule has 0 bridgehead atoms. The molecule has 2 N–H and O–H groups in total. The van der Waals surface area contributed by atoms with Crippen LogP contribution in [0.5, 0.6) is 0 Å². The van der Waals surface area contributed by atoms with E-state index in [0.717, 1.165) is 41.5 Å². The van der Waals surface area contributed by atoms with Crippen LogP contribution in [0.4, 0.5) is 5.69 Å². The second-order valence-electron chi connectivity index (χ2n) is 5.22. The van der Waals surface area contributed by atoms with Crippen LogP contribution in [-0.2, 0) is 11.3 Å². The van der Waals surface area contributed by atoms with E-state index < -0.39 is 0 Å². The van der Waals surface area contributed by atoms with Crippen LogP contribution in [0.2, 0.25) is 0 Å². The van der Waals surface area contributed by atoms with Crippen LogP contribution in [0.25, 0.3) is 0 Å². The summed E-state index contributed by atoms with van der Waals surface area (Å²) in [7, 11) is 0. The average molecular weight is 325 g/mol. The Morgan fingerprint density at radius 2 is 2.21 bits per heavy atom. The smallest absolute Gasteiger partial charge is 0.222 e.